The molecular formula is C16H10F6N2O3. The maximum absolute atomic E-state index is 12.3. The Balaban J connectivity index is 1.82. The standard InChI is InChI=1S/C16H10F6N2O3/c17-15(18,19)26-9-3-1-8(2-4-9)13(25)14-23-11-6-5-10(7-12(11)24-14)27-16(20,21)22/h1-7,13,25H,(H,23,24). The number of aromatic nitrogens is 2. The van der Waals surface area contributed by atoms with Gasteiger partial charge in [0.15, 0.2) is 0 Å². The summed E-state index contributed by atoms with van der Waals surface area (Å²) in [5.41, 5.74) is 0.661. The van der Waals surface area contributed by atoms with Gasteiger partial charge in [0.25, 0.3) is 0 Å². The summed E-state index contributed by atoms with van der Waals surface area (Å²) < 4.78 is 80.8. The maximum Gasteiger partial charge on any atom is 0.573 e. The number of nitrogens with zero attached hydrogens (tertiary/aromatic N) is 1. The number of imidazole rings is 1. The minimum absolute atomic E-state index is 0.00125. The van der Waals surface area contributed by atoms with Crippen molar-refractivity contribution in [1.82, 2.24) is 9.97 Å². The first-order chi connectivity index (χ1) is 12.5. The van der Waals surface area contributed by atoms with Crippen LogP contribution in [-0.4, -0.2) is 27.8 Å². The first-order valence-corrected chi connectivity index (χ1v) is 7.29. The van der Waals surface area contributed by atoms with E-state index in [1.807, 2.05) is 0 Å². The van der Waals surface area contributed by atoms with Crippen molar-refractivity contribution in [2.75, 3.05) is 0 Å². The van der Waals surface area contributed by atoms with Crippen LogP contribution in [0.1, 0.15) is 17.5 Å². The number of aliphatic hydroxyl groups is 1. The molecule has 3 aromatic rings. The van der Waals surface area contributed by atoms with Gasteiger partial charge in [0.05, 0.1) is 11.0 Å². The second kappa shape index (κ2) is 6.65. The normalized spacial score (nSPS) is 13.6. The molecule has 0 aliphatic heterocycles. The topological polar surface area (TPSA) is 67.4 Å². The van der Waals surface area contributed by atoms with Crippen LogP contribution >= 0.6 is 0 Å². The number of hydrogen-bond acceptors (Lipinski definition) is 4. The monoisotopic (exact) mass is 392 g/mol. The largest absolute Gasteiger partial charge is 0.573 e. The van der Waals surface area contributed by atoms with E-state index in [4.69, 9.17) is 0 Å². The summed E-state index contributed by atoms with van der Waals surface area (Å²) in [7, 11) is 0. The van der Waals surface area contributed by atoms with E-state index in [9.17, 15) is 31.4 Å². The molecule has 3 rings (SSSR count). The number of ether oxygens (including phenoxy) is 2. The van der Waals surface area contributed by atoms with E-state index < -0.39 is 30.3 Å². The van der Waals surface area contributed by atoms with E-state index >= 15 is 0 Å². The molecule has 27 heavy (non-hydrogen) atoms. The molecule has 11 heteroatoms. The molecule has 2 N–H and O–H groups in total. The molecule has 0 saturated heterocycles. The Labute approximate surface area is 147 Å². The number of aliphatic hydroxyl groups excluding tert-OH is 1. The van der Waals surface area contributed by atoms with Gasteiger partial charge in [-0.05, 0) is 29.8 Å². The fourth-order valence-corrected chi connectivity index (χ4v) is 2.34. The van der Waals surface area contributed by atoms with E-state index in [0.29, 0.717) is 0 Å². The fourth-order valence-electron chi connectivity index (χ4n) is 2.34. The number of alkyl halides is 6. The molecular weight excluding hydrogens is 382 g/mol. The summed E-state index contributed by atoms with van der Waals surface area (Å²) in [6.45, 7) is 0. The molecule has 0 amide bonds. The van der Waals surface area contributed by atoms with Gasteiger partial charge in [-0.2, -0.15) is 0 Å². The molecule has 0 aliphatic rings. The zero-order chi connectivity index (χ0) is 19.8. The summed E-state index contributed by atoms with van der Waals surface area (Å²) in [5.74, 6) is -0.927. The molecule has 0 radical (unpaired) electrons. The summed E-state index contributed by atoms with van der Waals surface area (Å²) in [5, 5.41) is 10.3. The Bertz CT molecular complexity index is 934. The Morgan fingerprint density at radius 2 is 1.41 bits per heavy atom. The van der Waals surface area contributed by atoms with Crippen molar-refractivity contribution in [3.63, 3.8) is 0 Å². The van der Waals surface area contributed by atoms with Crippen molar-refractivity contribution in [3.8, 4) is 11.5 Å². The molecule has 5 nitrogen and oxygen atoms in total. The van der Waals surface area contributed by atoms with Gasteiger partial charge in [-0.3, -0.25) is 0 Å². The summed E-state index contributed by atoms with van der Waals surface area (Å²) in [6, 6.07) is 7.84. The Hall–Kier alpha value is -2.95. The third-order valence-electron chi connectivity index (χ3n) is 3.39. The highest BCUT2D eigenvalue weighted by Gasteiger charge is 2.32. The average Bonchev–Trinajstić information content (AvgIpc) is 2.95. The molecule has 1 atom stereocenters. The van der Waals surface area contributed by atoms with Gasteiger partial charge >= 0.3 is 12.7 Å². The van der Waals surface area contributed by atoms with Crippen LogP contribution in [0.2, 0.25) is 0 Å². The molecule has 1 heterocycles. The van der Waals surface area contributed by atoms with E-state index in [1.165, 1.54) is 18.2 Å². The number of H-pyrrole nitrogens is 1. The predicted molar refractivity (Wildman–Crippen MR) is 80.0 cm³/mol. The number of aromatic amines is 1. The lowest BCUT2D eigenvalue weighted by molar-refractivity contribution is -0.275. The minimum Gasteiger partial charge on any atom is -0.406 e. The molecule has 1 unspecified atom stereocenters. The molecule has 0 spiro atoms. The SMILES string of the molecule is OC(c1ccc(OC(F)(F)F)cc1)c1nc2ccc(OC(F)(F)F)cc2[nH]1. The van der Waals surface area contributed by atoms with Crippen LogP contribution in [0.3, 0.4) is 0 Å². The zero-order valence-electron chi connectivity index (χ0n) is 13.1. The average molecular weight is 392 g/mol. The summed E-state index contributed by atoms with van der Waals surface area (Å²) in [4.78, 5) is 6.71. The molecule has 0 saturated carbocycles. The fraction of sp³-hybridized carbons (Fsp3) is 0.188. The van der Waals surface area contributed by atoms with Gasteiger partial charge in [-0.25, -0.2) is 4.98 Å². The molecule has 0 bridgehead atoms. The maximum atomic E-state index is 12.3. The van der Waals surface area contributed by atoms with E-state index in [2.05, 4.69) is 19.4 Å². The van der Waals surface area contributed by atoms with Crippen molar-refractivity contribution in [3.05, 3.63) is 53.9 Å². The quantitative estimate of drug-likeness (QED) is 0.645. The highest BCUT2D eigenvalue weighted by molar-refractivity contribution is 5.77. The van der Waals surface area contributed by atoms with Crippen LogP contribution in [-0.2, 0) is 0 Å². The number of benzene rings is 2. The third kappa shape index (κ3) is 4.82. The van der Waals surface area contributed by atoms with Crippen molar-refractivity contribution in [1.29, 1.82) is 0 Å². The number of hydrogen-bond donors (Lipinski definition) is 2. The van der Waals surface area contributed by atoms with E-state index in [1.54, 1.807) is 0 Å². The number of halogens is 6. The highest BCUT2D eigenvalue weighted by atomic mass is 19.4. The van der Waals surface area contributed by atoms with Crippen LogP contribution in [0.4, 0.5) is 26.3 Å². The Kier molecular flexibility index (Phi) is 4.64. The Morgan fingerprint density at radius 3 is 2.00 bits per heavy atom. The van der Waals surface area contributed by atoms with Gasteiger partial charge in [0.2, 0.25) is 0 Å². The van der Waals surface area contributed by atoms with E-state index in [-0.39, 0.29) is 22.4 Å². The lowest BCUT2D eigenvalue weighted by Crippen LogP contribution is -2.17. The first-order valence-electron chi connectivity index (χ1n) is 7.29. The van der Waals surface area contributed by atoms with Crippen molar-refractivity contribution < 1.29 is 40.9 Å². The lowest BCUT2D eigenvalue weighted by atomic mass is 10.1. The molecule has 2 aromatic carbocycles. The van der Waals surface area contributed by atoms with Gasteiger partial charge in [-0.1, -0.05) is 12.1 Å². The predicted octanol–water partition coefficient (Wildman–Crippen LogP) is 4.44. The van der Waals surface area contributed by atoms with Gasteiger partial charge in [0.1, 0.15) is 23.4 Å². The minimum atomic E-state index is -4.85. The van der Waals surface area contributed by atoms with Crippen LogP contribution in [0.25, 0.3) is 11.0 Å². The molecule has 0 aliphatic carbocycles. The number of nitrogens with one attached hydrogen (secondary N) is 1. The smallest absolute Gasteiger partial charge is 0.406 e. The van der Waals surface area contributed by atoms with Crippen molar-refractivity contribution >= 4 is 11.0 Å². The van der Waals surface area contributed by atoms with Crippen LogP contribution in [0, 0.1) is 0 Å². The second-order valence-electron chi connectivity index (χ2n) is 5.37. The molecule has 1 aromatic heterocycles. The number of fused-ring (bicyclic) bond motifs is 1. The first kappa shape index (κ1) is 18.8. The van der Waals surface area contributed by atoms with Crippen LogP contribution in [0.5, 0.6) is 11.5 Å². The van der Waals surface area contributed by atoms with E-state index in [0.717, 1.165) is 24.3 Å². The van der Waals surface area contributed by atoms with Gasteiger partial charge in [0, 0.05) is 6.07 Å². The highest BCUT2D eigenvalue weighted by Crippen LogP contribution is 2.29. The summed E-state index contributed by atoms with van der Waals surface area (Å²) in [6.07, 6.45) is -11.0. The van der Waals surface area contributed by atoms with Crippen molar-refractivity contribution in [2.45, 2.75) is 18.8 Å². The molecule has 0 fully saturated rings. The van der Waals surface area contributed by atoms with Crippen LogP contribution < -0.4 is 9.47 Å². The lowest BCUT2D eigenvalue weighted by Gasteiger charge is -2.11. The van der Waals surface area contributed by atoms with Crippen LogP contribution in [0.15, 0.2) is 42.5 Å². The second-order valence-corrected chi connectivity index (χ2v) is 5.37. The summed E-state index contributed by atoms with van der Waals surface area (Å²) >= 11 is 0. The number of rotatable bonds is 4. The van der Waals surface area contributed by atoms with Gasteiger partial charge < -0.3 is 19.6 Å². The van der Waals surface area contributed by atoms with Gasteiger partial charge in [-0.15, -0.1) is 26.3 Å². The third-order valence-corrected chi connectivity index (χ3v) is 3.39. The van der Waals surface area contributed by atoms with Crippen molar-refractivity contribution in [2.24, 2.45) is 0 Å². The molecule has 144 valence electrons. The zero-order valence-corrected chi connectivity index (χ0v) is 13.1. The Morgan fingerprint density at radius 1 is 0.852 bits per heavy atom.